The minimum Gasteiger partial charge on any atom is -0.388 e. The fourth-order valence-electron chi connectivity index (χ4n) is 2.39. The number of benzene rings is 1. The molecular weight excluding hydrogens is 290 g/mol. The Hall–Kier alpha value is -0.380. The molecule has 0 spiro atoms. The van der Waals surface area contributed by atoms with Crippen LogP contribution in [0.4, 0.5) is 0 Å². The molecule has 0 aromatic heterocycles. The third kappa shape index (κ3) is 3.56. The summed E-state index contributed by atoms with van der Waals surface area (Å²) in [7, 11) is 0. The van der Waals surface area contributed by atoms with E-state index < -0.39 is 5.60 Å². The Bertz CT molecular complexity index is 439. The Morgan fingerprint density at radius 2 is 2.06 bits per heavy atom. The lowest BCUT2D eigenvalue weighted by Crippen LogP contribution is -2.50. The predicted molar refractivity (Wildman–Crippen MR) is 78.9 cm³/mol. The van der Waals surface area contributed by atoms with E-state index in [0.29, 0.717) is 6.54 Å². The summed E-state index contributed by atoms with van der Waals surface area (Å²) in [5.41, 5.74) is 2.09. The molecule has 2 N–H and O–H groups in total. The highest BCUT2D eigenvalue weighted by Crippen LogP contribution is 2.30. The van der Waals surface area contributed by atoms with Crippen molar-refractivity contribution in [3.8, 4) is 0 Å². The molecule has 1 aliphatic carbocycles. The molecule has 1 aromatic rings. The van der Waals surface area contributed by atoms with Crippen LogP contribution in [0.25, 0.3) is 0 Å². The van der Waals surface area contributed by atoms with Gasteiger partial charge in [0.05, 0.1) is 5.60 Å². The molecular formula is C15H22BrNO. The summed E-state index contributed by atoms with van der Waals surface area (Å²) in [6.45, 7) is 7.05. The van der Waals surface area contributed by atoms with Crippen molar-refractivity contribution in [2.45, 2.75) is 51.2 Å². The molecule has 1 aromatic carbocycles. The van der Waals surface area contributed by atoms with E-state index in [4.69, 9.17) is 0 Å². The van der Waals surface area contributed by atoms with Crippen molar-refractivity contribution >= 4 is 15.9 Å². The van der Waals surface area contributed by atoms with Crippen LogP contribution in [-0.2, 0) is 12.8 Å². The normalized spacial score (nSPS) is 23.8. The maximum absolute atomic E-state index is 10.7. The number of fused-ring (bicyclic) bond motifs is 1. The lowest BCUT2D eigenvalue weighted by Gasteiger charge is -2.36. The zero-order valence-corrected chi connectivity index (χ0v) is 13.0. The molecule has 3 heteroatoms. The summed E-state index contributed by atoms with van der Waals surface area (Å²) >= 11 is 3.50. The Kier molecular flexibility index (Phi) is 3.86. The third-order valence-electron chi connectivity index (χ3n) is 3.50. The largest absolute Gasteiger partial charge is 0.388 e. The van der Waals surface area contributed by atoms with Crippen LogP contribution in [0.3, 0.4) is 0 Å². The predicted octanol–water partition coefficient (Wildman–Crippen LogP) is 3.06. The molecule has 0 saturated carbocycles. The number of aryl methyl sites for hydroxylation is 1. The van der Waals surface area contributed by atoms with Crippen LogP contribution in [0.1, 0.15) is 38.3 Å². The average molecular weight is 312 g/mol. The first-order valence-corrected chi connectivity index (χ1v) is 7.31. The van der Waals surface area contributed by atoms with Crippen molar-refractivity contribution in [1.82, 2.24) is 5.32 Å². The standard InChI is InChI=1S/C15H22BrNO/c1-14(2,3)17-10-15(18)7-6-11-8-13(16)5-4-12(11)9-15/h4-5,8,17-18H,6-7,9-10H2,1-3H3. The van der Waals surface area contributed by atoms with Gasteiger partial charge in [0.15, 0.2) is 0 Å². The van der Waals surface area contributed by atoms with Gasteiger partial charge in [0.1, 0.15) is 0 Å². The van der Waals surface area contributed by atoms with Crippen LogP contribution in [0.5, 0.6) is 0 Å². The second kappa shape index (κ2) is 4.95. The quantitative estimate of drug-likeness (QED) is 0.880. The SMILES string of the molecule is CC(C)(C)NCC1(O)CCc2cc(Br)ccc2C1. The molecule has 1 atom stereocenters. The molecule has 1 aliphatic rings. The summed E-state index contributed by atoms with van der Waals surface area (Å²) < 4.78 is 1.12. The van der Waals surface area contributed by atoms with Gasteiger partial charge in [-0.05, 0) is 56.9 Å². The fourth-order valence-corrected chi connectivity index (χ4v) is 2.80. The summed E-state index contributed by atoms with van der Waals surface area (Å²) in [4.78, 5) is 0. The summed E-state index contributed by atoms with van der Waals surface area (Å²) in [5, 5.41) is 14.1. The first-order valence-electron chi connectivity index (χ1n) is 6.52. The van der Waals surface area contributed by atoms with Gasteiger partial charge in [0, 0.05) is 23.0 Å². The second-order valence-corrected chi connectivity index (χ2v) is 7.33. The minimum atomic E-state index is -0.603. The molecule has 0 aliphatic heterocycles. The van der Waals surface area contributed by atoms with Crippen molar-refractivity contribution in [3.05, 3.63) is 33.8 Å². The summed E-state index contributed by atoms with van der Waals surface area (Å²) in [6, 6.07) is 6.36. The van der Waals surface area contributed by atoms with Crippen molar-refractivity contribution in [2.24, 2.45) is 0 Å². The Morgan fingerprint density at radius 1 is 1.33 bits per heavy atom. The van der Waals surface area contributed by atoms with Crippen molar-refractivity contribution < 1.29 is 5.11 Å². The zero-order valence-electron chi connectivity index (χ0n) is 11.4. The third-order valence-corrected chi connectivity index (χ3v) is 3.99. The Labute approximate surface area is 118 Å². The molecule has 2 rings (SSSR count). The second-order valence-electron chi connectivity index (χ2n) is 6.42. The van der Waals surface area contributed by atoms with Gasteiger partial charge in [-0.25, -0.2) is 0 Å². The topological polar surface area (TPSA) is 32.3 Å². The maximum atomic E-state index is 10.7. The van der Waals surface area contributed by atoms with Gasteiger partial charge < -0.3 is 10.4 Å². The molecule has 1 unspecified atom stereocenters. The summed E-state index contributed by atoms with van der Waals surface area (Å²) in [6.07, 6.45) is 2.54. The molecule has 0 fully saturated rings. The Morgan fingerprint density at radius 3 is 2.72 bits per heavy atom. The number of aliphatic hydroxyl groups is 1. The molecule has 2 nitrogen and oxygen atoms in total. The molecule has 0 amide bonds. The monoisotopic (exact) mass is 311 g/mol. The van der Waals surface area contributed by atoms with Crippen LogP contribution in [0, 0.1) is 0 Å². The van der Waals surface area contributed by atoms with E-state index in [1.54, 1.807) is 0 Å². The fraction of sp³-hybridized carbons (Fsp3) is 0.600. The first kappa shape index (κ1) is 14.0. The van der Waals surface area contributed by atoms with Gasteiger partial charge in [0.25, 0.3) is 0 Å². The van der Waals surface area contributed by atoms with Gasteiger partial charge in [0.2, 0.25) is 0 Å². The molecule has 0 saturated heterocycles. The van der Waals surface area contributed by atoms with E-state index in [9.17, 15) is 5.11 Å². The molecule has 0 radical (unpaired) electrons. The van der Waals surface area contributed by atoms with Crippen LogP contribution < -0.4 is 5.32 Å². The lowest BCUT2D eigenvalue weighted by molar-refractivity contribution is 0.0212. The summed E-state index contributed by atoms with van der Waals surface area (Å²) in [5.74, 6) is 0. The van der Waals surface area contributed by atoms with Gasteiger partial charge >= 0.3 is 0 Å². The van der Waals surface area contributed by atoms with Gasteiger partial charge in [-0.2, -0.15) is 0 Å². The van der Waals surface area contributed by atoms with E-state index in [-0.39, 0.29) is 5.54 Å². The van der Waals surface area contributed by atoms with Crippen molar-refractivity contribution in [1.29, 1.82) is 0 Å². The highest BCUT2D eigenvalue weighted by Gasteiger charge is 2.32. The average Bonchev–Trinajstić information content (AvgIpc) is 2.27. The van der Waals surface area contributed by atoms with Crippen molar-refractivity contribution in [3.63, 3.8) is 0 Å². The number of nitrogens with one attached hydrogen (secondary N) is 1. The van der Waals surface area contributed by atoms with Gasteiger partial charge in [-0.3, -0.25) is 0 Å². The van der Waals surface area contributed by atoms with Crippen LogP contribution in [0.15, 0.2) is 22.7 Å². The van der Waals surface area contributed by atoms with Crippen LogP contribution in [0.2, 0.25) is 0 Å². The molecule has 100 valence electrons. The number of rotatable bonds is 2. The van der Waals surface area contributed by atoms with Crippen LogP contribution >= 0.6 is 15.9 Å². The molecule has 18 heavy (non-hydrogen) atoms. The molecule has 0 heterocycles. The first-order chi connectivity index (χ1) is 8.27. The highest BCUT2D eigenvalue weighted by molar-refractivity contribution is 9.10. The van der Waals surface area contributed by atoms with Crippen molar-refractivity contribution in [2.75, 3.05) is 6.54 Å². The van der Waals surface area contributed by atoms with E-state index in [1.165, 1.54) is 11.1 Å². The molecule has 0 bridgehead atoms. The highest BCUT2D eigenvalue weighted by atomic mass is 79.9. The van der Waals surface area contributed by atoms with E-state index in [2.05, 4.69) is 60.2 Å². The number of hydrogen-bond donors (Lipinski definition) is 2. The number of halogens is 1. The van der Waals surface area contributed by atoms with E-state index in [0.717, 1.165) is 23.7 Å². The van der Waals surface area contributed by atoms with E-state index in [1.807, 2.05) is 0 Å². The van der Waals surface area contributed by atoms with Crippen LogP contribution in [-0.4, -0.2) is 22.8 Å². The van der Waals surface area contributed by atoms with E-state index >= 15 is 0 Å². The zero-order chi connectivity index (χ0) is 13.4. The van der Waals surface area contributed by atoms with Gasteiger partial charge in [-0.1, -0.05) is 22.0 Å². The Balaban J connectivity index is 2.08. The smallest absolute Gasteiger partial charge is 0.0815 e. The maximum Gasteiger partial charge on any atom is 0.0815 e. The number of hydrogen-bond acceptors (Lipinski definition) is 2. The number of β-amino-alcohol motifs (C(OH)–C–C–N with tert-alkyl or cyclic N) is 1. The lowest BCUT2D eigenvalue weighted by atomic mass is 9.80. The minimum absolute atomic E-state index is 0.0513. The van der Waals surface area contributed by atoms with Gasteiger partial charge in [-0.15, -0.1) is 0 Å².